The number of halogens is 2. The van der Waals surface area contributed by atoms with Gasteiger partial charge in [-0.15, -0.1) is 0 Å². The van der Waals surface area contributed by atoms with Crippen LogP contribution in [-0.2, 0) is 4.79 Å². The summed E-state index contributed by atoms with van der Waals surface area (Å²) in [4.78, 5) is 25.8. The Balaban J connectivity index is 2.24. The third-order valence-corrected chi connectivity index (χ3v) is 3.30. The molecule has 0 saturated carbocycles. The maximum Gasteiger partial charge on any atom is 0.327 e. The molecule has 1 saturated heterocycles. The Labute approximate surface area is 115 Å². The Morgan fingerprint density at radius 1 is 1.35 bits per heavy atom. The Bertz CT molecular complexity index is 550. The fraction of sp³-hybridized carbons (Fsp3) is 0.385. The van der Waals surface area contributed by atoms with Gasteiger partial charge in [-0.05, 0) is 13.1 Å². The molecule has 5 nitrogen and oxygen atoms in total. The summed E-state index contributed by atoms with van der Waals surface area (Å²) in [6, 6.07) is 2.73. The molecule has 1 heterocycles. The topological polar surface area (TPSA) is 52.7 Å². The summed E-state index contributed by atoms with van der Waals surface area (Å²) >= 11 is 0. The summed E-state index contributed by atoms with van der Waals surface area (Å²) in [5, 5.41) is 2.80. The van der Waals surface area contributed by atoms with Crippen LogP contribution in [0.5, 0.6) is 0 Å². The number of imide groups is 1. The number of urea groups is 1. The minimum Gasteiger partial charge on any atom is -0.318 e. The first-order chi connectivity index (χ1) is 9.45. The smallest absolute Gasteiger partial charge is 0.318 e. The highest BCUT2D eigenvalue weighted by atomic mass is 19.2. The van der Waals surface area contributed by atoms with Crippen LogP contribution in [0.4, 0.5) is 13.6 Å². The predicted octanol–water partition coefficient (Wildman–Crippen LogP) is 1.12. The summed E-state index contributed by atoms with van der Waals surface area (Å²) in [7, 11) is 3.07. The Morgan fingerprint density at radius 2 is 2.05 bits per heavy atom. The lowest BCUT2D eigenvalue weighted by Crippen LogP contribution is -2.38. The van der Waals surface area contributed by atoms with Crippen LogP contribution in [0.25, 0.3) is 0 Å². The van der Waals surface area contributed by atoms with Gasteiger partial charge in [-0.25, -0.2) is 13.6 Å². The summed E-state index contributed by atoms with van der Waals surface area (Å²) in [5.74, 6) is -2.28. The molecule has 1 fully saturated rings. The number of benzene rings is 1. The number of hydrogen-bond donors (Lipinski definition) is 1. The molecular formula is C13H15F2N3O2. The molecule has 108 valence electrons. The first-order valence-corrected chi connectivity index (χ1v) is 6.12. The molecule has 0 spiro atoms. The first-order valence-electron chi connectivity index (χ1n) is 6.12. The van der Waals surface area contributed by atoms with Crippen molar-refractivity contribution in [2.75, 3.05) is 27.2 Å². The Hall–Kier alpha value is -2.02. The van der Waals surface area contributed by atoms with Crippen LogP contribution in [0.3, 0.4) is 0 Å². The third-order valence-electron chi connectivity index (χ3n) is 3.30. The zero-order chi connectivity index (χ0) is 14.9. The normalized spacial score (nSPS) is 17.0. The van der Waals surface area contributed by atoms with Gasteiger partial charge >= 0.3 is 6.03 Å². The fourth-order valence-electron chi connectivity index (χ4n) is 2.17. The highest BCUT2D eigenvalue weighted by Gasteiger charge is 2.35. The Kier molecular flexibility index (Phi) is 3.99. The molecular weight excluding hydrogens is 268 g/mol. The highest BCUT2D eigenvalue weighted by Crippen LogP contribution is 2.21. The van der Waals surface area contributed by atoms with E-state index >= 15 is 0 Å². The summed E-state index contributed by atoms with van der Waals surface area (Å²) in [6.07, 6.45) is 0. The number of nitrogens with zero attached hydrogens (tertiary/aromatic N) is 2. The molecule has 1 N–H and O–H groups in total. The van der Waals surface area contributed by atoms with Gasteiger partial charge in [0.2, 0.25) is 5.91 Å². The van der Waals surface area contributed by atoms with E-state index in [1.54, 1.807) is 7.05 Å². The van der Waals surface area contributed by atoms with Crippen LogP contribution < -0.4 is 5.32 Å². The second-order valence-corrected chi connectivity index (χ2v) is 4.63. The molecule has 1 aromatic rings. The van der Waals surface area contributed by atoms with Gasteiger partial charge in [0.1, 0.15) is 6.54 Å². The second kappa shape index (κ2) is 5.54. The molecule has 0 aromatic heterocycles. The van der Waals surface area contributed by atoms with Gasteiger partial charge in [-0.2, -0.15) is 0 Å². The fourth-order valence-corrected chi connectivity index (χ4v) is 2.17. The average Bonchev–Trinajstić information content (AvgIpc) is 2.65. The molecule has 1 aromatic carbocycles. The number of likely N-dealkylation sites (N-methyl/N-ethyl adjacent to an activating group) is 2. The van der Waals surface area contributed by atoms with Gasteiger partial charge in [-0.3, -0.25) is 9.69 Å². The molecule has 1 unspecified atom stereocenters. The molecule has 0 bridgehead atoms. The summed E-state index contributed by atoms with van der Waals surface area (Å²) in [5.41, 5.74) is 0.0858. The molecule has 2 rings (SSSR count). The quantitative estimate of drug-likeness (QED) is 0.843. The lowest BCUT2D eigenvalue weighted by molar-refractivity contribution is -0.125. The van der Waals surface area contributed by atoms with E-state index < -0.39 is 23.7 Å². The SMILES string of the molecule is CNC(CN1C(=O)CN(C)C1=O)c1cccc(F)c1F. The largest absolute Gasteiger partial charge is 0.327 e. The number of hydrogen-bond acceptors (Lipinski definition) is 3. The van der Waals surface area contributed by atoms with Crippen LogP contribution in [0.15, 0.2) is 18.2 Å². The lowest BCUT2D eigenvalue weighted by Gasteiger charge is -2.22. The molecule has 1 atom stereocenters. The number of amides is 3. The van der Waals surface area contributed by atoms with Crippen molar-refractivity contribution in [1.29, 1.82) is 0 Å². The van der Waals surface area contributed by atoms with Crippen molar-refractivity contribution >= 4 is 11.9 Å². The van der Waals surface area contributed by atoms with Crippen molar-refractivity contribution in [3.8, 4) is 0 Å². The van der Waals surface area contributed by atoms with Crippen LogP contribution in [0, 0.1) is 11.6 Å². The molecule has 0 aliphatic carbocycles. The molecule has 7 heteroatoms. The third kappa shape index (κ3) is 2.49. The molecule has 0 radical (unpaired) electrons. The molecule has 1 aliphatic rings. The van der Waals surface area contributed by atoms with Crippen molar-refractivity contribution < 1.29 is 18.4 Å². The van der Waals surface area contributed by atoms with Crippen molar-refractivity contribution in [2.24, 2.45) is 0 Å². The van der Waals surface area contributed by atoms with Crippen LogP contribution in [0.1, 0.15) is 11.6 Å². The van der Waals surface area contributed by atoms with Crippen LogP contribution in [-0.4, -0.2) is 48.9 Å². The van der Waals surface area contributed by atoms with Crippen molar-refractivity contribution in [2.45, 2.75) is 6.04 Å². The van der Waals surface area contributed by atoms with Gasteiger partial charge in [0.05, 0.1) is 12.6 Å². The van der Waals surface area contributed by atoms with Gasteiger partial charge in [0, 0.05) is 12.6 Å². The molecule has 20 heavy (non-hydrogen) atoms. The van der Waals surface area contributed by atoms with E-state index in [-0.39, 0.29) is 24.6 Å². The van der Waals surface area contributed by atoms with E-state index in [1.807, 2.05) is 0 Å². The molecule has 3 amide bonds. The van der Waals surface area contributed by atoms with Gasteiger partial charge in [-0.1, -0.05) is 12.1 Å². The van der Waals surface area contributed by atoms with Gasteiger partial charge in [0.15, 0.2) is 11.6 Å². The number of rotatable bonds is 4. The van der Waals surface area contributed by atoms with Crippen molar-refractivity contribution in [1.82, 2.24) is 15.1 Å². The summed E-state index contributed by atoms with van der Waals surface area (Å²) in [6.45, 7) is -0.0419. The number of nitrogens with one attached hydrogen (secondary N) is 1. The minimum absolute atomic E-state index is 0.000893. The minimum atomic E-state index is -0.973. The van der Waals surface area contributed by atoms with Crippen LogP contribution >= 0.6 is 0 Å². The van der Waals surface area contributed by atoms with Gasteiger partial charge < -0.3 is 10.2 Å². The van der Waals surface area contributed by atoms with E-state index in [4.69, 9.17) is 0 Å². The van der Waals surface area contributed by atoms with E-state index in [2.05, 4.69) is 5.32 Å². The number of carbonyl (C=O) groups is 2. The molecule has 1 aliphatic heterocycles. The van der Waals surface area contributed by atoms with Crippen molar-refractivity contribution in [3.05, 3.63) is 35.4 Å². The zero-order valence-corrected chi connectivity index (χ0v) is 11.2. The number of carbonyl (C=O) groups excluding carboxylic acids is 2. The monoisotopic (exact) mass is 283 g/mol. The zero-order valence-electron chi connectivity index (χ0n) is 11.2. The predicted molar refractivity (Wildman–Crippen MR) is 67.9 cm³/mol. The maximum atomic E-state index is 13.8. The van der Waals surface area contributed by atoms with E-state index in [1.165, 1.54) is 24.1 Å². The van der Waals surface area contributed by atoms with Crippen LogP contribution in [0.2, 0.25) is 0 Å². The highest BCUT2D eigenvalue weighted by molar-refractivity contribution is 6.01. The second-order valence-electron chi connectivity index (χ2n) is 4.63. The van der Waals surface area contributed by atoms with Gasteiger partial charge in [0.25, 0.3) is 0 Å². The maximum absolute atomic E-state index is 13.8. The van der Waals surface area contributed by atoms with Crippen molar-refractivity contribution in [3.63, 3.8) is 0 Å². The van der Waals surface area contributed by atoms with E-state index in [0.29, 0.717) is 0 Å². The van der Waals surface area contributed by atoms with E-state index in [9.17, 15) is 18.4 Å². The average molecular weight is 283 g/mol. The summed E-state index contributed by atoms with van der Waals surface area (Å²) < 4.78 is 27.0. The lowest BCUT2D eigenvalue weighted by atomic mass is 10.1. The standard InChI is InChI=1S/C13H15F2N3O2/c1-16-10(8-4-3-5-9(14)12(8)15)6-18-11(19)7-17(2)13(18)20/h3-5,10,16H,6-7H2,1-2H3. The Morgan fingerprint density at radius 3 is 2.60 bits per heavy atom. The first kappa shape index (κ1) is 14.4. The van der Waals surface area contributed by atoms with E-state index in [0.717, 1.165) is 11.0 Å².